The molecule has 0 saturated carbocycles. The van der Waals surface area contributed by atoms with Gasteiger partial charge in [0.2, 0.25) is 0 Å². The molecule has 116 valence electrons. The van der Waals surface area contributed by atoms with E-state index in [1.165, 1.54) is 24.4 Å². The van der Waals surface area contributed by atoms with Crippen LogP contribution in [0.5, 0.6) is 11.5 Å². The Morgan fingerprint density at radius 1 is 1.05 bits per heavy atom. The van der Waals surface area contributed by atoms with Crippen LogP contribution >= 0.6 is 0 Å². The molecule has 2 aromatic carbocycles. The molecule has 0 aliphatic carbocycles. The third-order valence-corrected chi connectivity index (χ3v) is 4.38. The number of aryl methyl sites for hydroxylation is 2. The number of hydrogen-bond donors (Lipinski definition) is 3. The summed E-state index contributed by atoms with van der Waals surface area (Å²) in [7, 11) is -3.76. The van der Waals surface area contributed by atoms with Gasteiger partial charge >= 0.3 is 0 Å². The first-order chi connectivity index (χ1) is 10.3. The molecular weight excluding hydrogens is 304 g/mol. The van der Waals surface area contributed by atoms with Gasteiger partial charge in [-0.25, -0.2) is 4.83 Å². The number of hydrogen-bond acceptors (Lipinski definition) is 5. The van der Waals surface area contributed by atoms with Gasteiger partial charge in [-0.1, -0.05) is 12.1 Å². The largest absolute Gasteiger partial charge is 0.504 e. The van der Waals surface area contributed by atoms with E-state index in [1.54, 1.807) is 26.0 Å². The molecule has 0 aliphatic heterocycles. The van der Waals surface area contributed by atoms with E-state index in [4.69, 9.17) is 0 Å². The van der Waals surface area contributed by atoms with Crippen LogP contribution in [0, 0.1) is 13.8 Å². The van der Waals surface area contributed by atoms with Gasteiger partial charge < -0.3 is 10.2 Å². The lowest BCUT2D eigenvalue weighted by molar-refractivity contribution is 0.403. The van der Waals surface area contributed by atoms with Crippen molar-refractivity contribution < 1.29 is 18.6 Å². The van der Waals surface area contributed by atoms with Gasteiger partial charge in [0.15, 0.2) is 11.5 Å². The molecule has 22 heavy (non-hydrogen) atoms. The van der Waals surface area contributed by atoms with Gasteiger partial charge in [0, 0.05) is 0 Å². The fourth-order valence-electron chi connectivity index (χ4n) is 1.84. The Labute approximate surface area is 128 Å². The van der Waals surface area contributed by atoms with E-state index in [-0.39, 0.29) is 16.4 Å². The zero-order valence-corrected chi connectivity index (χ0v) is 12.9. The van der Waals surface area contributed by atoms with Gasteiger partial charge in [0.25, 0.3) is 10.0 Å². The summed E-state index contributed by atoms with van der Waals surface area (Å²) >= 11 is 0. The van der Waals surface area contributed by atoms with Gasteiger partial charge in [-0.05, 0) is 54.8 Å². The van der Waals surface area contributed by atoms with Crippen molar-refractivity contribution in [3.8, 4) is 11.5 Å². The summed E-state index contributed by atoms with van der Waals surface area (Å²) in [4.78, 5) is 2.29. The average Bonchev–Trinajstić information content (AvgIpc) is 2.45. The number of nitrogens with one attached hydrogen (secondary N) is 1. The number of nitrogens with zero attached hydrogens (tertiary/aromatic N) is 1. The lowest BCUT2D eigenvalue weighted by atomic mass is 10.2. The first-order valence-electron chi connectivity index (χ1n) is 6.44. The van der Waals surface area contributed by atoms with Gasteiger partial charge in [-0.15, -0.1) is 0 Å². The minimum Gasteiger partial charge on any atom is -0.504 e. The summed E-state index contributed by atoms with van der Waals surface area (Å²) in [5, 5.41) is 22.2. The smallest absolute Gasteiger partial charge is 0.276 e. The second kappa shape index (κ2) is 6.07. The van der Waals surface area contributed by atoms with Gasteiger partial charge in [-0.2, -0.15) is 13.5 Å². The van der Waals surface area contributed by atoms with Crippen LogP contribution in [0.15, 0.2) is 46.4 Å². The van der Waals surface area contributed by atoms with Crippen LogP contribution in [0.2, 0.25) is 0 Å². The van der Waals surface area contributed by atoms with Crippen molar-refractivity contribution >= 4 is 16.2 Å². The Morgan fingerprint density at radius 2 is 1.77 bits per heavy atom. The molecule has 7 heteroatoms. The van der Waals surface area contributed by atoms with Crippen LogP contribution in [0.25, 0.3) is 0 Å². The molecule has 6 nitrogen and oxygen atoms in total. The van der Waals surface area contributed by atoms with E-state index < -0.39 is 10.0 Å². The van der Waals surface area contributed by atoms with E-state index in [0.29, 0.717) is 11.1 Å². The SMILES string of the molecule is Cc1ccc(C)c(S(=O)(=O)NN=Cc2ccc(O)c(O)c2)c1. The molecule has 0 spiro atoms. The Morgan fingerprint density at radius 3 is 2.45 bits per heavy atom. The van der Waals surface area contributed by atoms with Crippen molar-refractivity contribution in [1.82, 2.24) is 4.83 Å². The summed E-state index contributed by atoms with van der Waals surface area (Å²) in [5.74, 6) is -0.561. The second-order valence-electron chi connectivity index (χ2n) is 4.87. The number of phenols is 2. The van der Waals surface area contributed by atoms with Crippen molar-refractivity contribution in [2.45, 2.75) is 18.7 Å². The number of aromatic hydroxyl groups is 2. The number of phenolic OH excluding ortho intramolecular Hbond substituents is 2. The molecular formula is C15H16N2O4S. The third kappa shape index (κ3) is 3.56. The van der Waals surface area contributed by atoms with Crippen molar-refractivity contribution in [3.63, 3.8) is 0 Å². The first-order valence-corrected chi connectivity index (χ1v) is 7.92. The highest BCUT2D eigenvalue weighted by Gasteiger charge is 2.15. The summed E-state index contributed by atoms with van der Waals surface area (Å²) in [6.07, 6.45) is 1.24. The van der Waals surface area contributed by atoms with E-state index in [2.05, 4.69) is 9.93 Å². The molecule has 0 unspecified atom stereocenters. The van der Waals surface area contributed by atoms with Gasteiger partial charge in [-0.3, -0.25) is 0 Å². The topological polar surface area (TPSA) is 99.0 Å². The van der Waals surface area contributed by atoms with Crippen molar-refractivity contribution in [2.75, 3.05) is 0 Å². The highest BCUT2D eigenvalue weighted by molar-refractivity contribution is 7.89. The van der Waals surface area contributed by atoms with Gasteiger partial charge in [0.1, 0.15) is 0 Å². The summed E-state index contributed by atoms with van der Waals surface area (Å²) in [6.45, 7) is 3.51. The predicted octanol–water partition coefficient (Wildman–Crippen LogP) is 2.03. The molecule has 0 saturated heterocycles. The molecule has 0 aromatic heterocycles. The fraction of sp³-hybridized carbons (Fsp3) is 0.133. The minimum absolute atomic E-state index is 0.165. The van der Waals surface area contributed by atoms with E-state index >= 15 is 0 Å². The average molecular weight is 320 g/mol. The zero-order chi connectivity index (χ0) is 16.3. The lowest BCUT2D eigenvalue weighted by Crippen LogP contribution is -2.19. The Bertz CT molecular complexity index is 829. The monoisotopic (exact) mass is 320 g/mol. The van der Waals surface area contributed by atoms with Crippen molar-refractivity contribution in [2.24, 2.45) is 5.10 Å². The van der Waals surface area contributed by atoms with Crippen LogP contribution < -0.4 is 4.83 Å². The normalized spacial score (nSPS) is 11.7. The molecule has 0 heterocycles. The third-order valence-electron chi connectivity index (χ3n) is 3.02. The molecule has 2 aromatic rings. The number of sulfonamides is 1. The van der Waals surface area contributed by atoms with Crippen molar-refractivity contribution in [1.29, 1.82) is 0 Å². The minimum atomic E-state index is -3.76. The Balaban J connectivity index is 2.20. The molecule has 3 N–H and O–H groups in total. The van der Waals surface area contributed by atoms with E-state index in [0.717, 1.165) is 5.56 Å². The Kier molecular flexibility index (Phi) is 4.37. The summed E-state index contributed by atoms with van der Waals surface area (Å²) < 4.78 is 24.4. The lowest BCUT2D eigenvalue weighted by Gasteiger charge is -2.07. The second-order valence-corrected chi connectivity index (χ2v) is 6.50. The highest BCUT2D eigenvalue weighted by atomic mass is 32.2. The van der Waals surface area contributed by atoms with Crippen LogP contribution in [-0.2, 0) is 10.0 Å². The van der Waals surface area contributed by atoms with Crippen molar-refractivity contribution in [3.05, 3.63) is 53.1 Å². The number of benzene rings is 2. The molecule has 0 aliphatic rings. The molecule has 2 rings (SSSR count). The first kappa shape index (κ1) is 15.8. The summed E-state index contributed by atoms with van der Waals surface area (Å²) in [6, 6.07) is 9.17. The van der Waals surface area contributed by atoms with E-state index in [9.17, 15) is 18.6 Å². The number of rotatable bonds is 4. The maximum Gasteiger partial charge on any atom is 0.276 e. The van der Waals surface area contributed by atoms with Crippen LogP contribution in [-0.4, -0.2) is 24.8 Å². The van der Waals surface area contributed by atoms with Crippen LogP contribution in [0.1, 0.15) is 16.7 Å². The summed E-state index contributed by atoms with van der Waals surface area (Å²) in [5.41, 5.74) is 1.90. The molecule has 0 radical (unpaired) electrons. The predicted molar refractivity (Wildman–Crippen MR) is 83.6 cm³/mol. The fourth-order valence-corrected chi connectivity index (χ4v) is 2.96. The molecule has 0 bridgehead atoms. The zero-order valence-electron chi connectivity index (χ0n) is 12.1. The number of hydrazone groups is 1. The molecule has 0 atom stereocenters. The highest BCUT2D eigenvalue weighted by Crippen LogP contribution is 2.24. The Hall–Kier alpha value is -2.54. The van der Waals surface area contributed by atoms with Crippen LogP contribution in [0.3, 0.4) is 0 Å². The maximum atomic E-state index is 12.2. The van der Waals surface area contributed by atoms with Crippen LogP contribution in [0.4, 0.5) is 0 Å². The molecule has 0 fully saturated rings. The van der Waals surface area contributed by atoms with E-state index in [1.807, 2.05) is 6.07 Å². The standard InChI is InChI=1S/C15H16N2O4S/c1-10-3-4-11(2)15(7-10)22(20,21)17-16-9-12-5-6-13(18)14(19)8-12/h3-9,17-19H,1-2H3. The maximum absolute atomic E-state index is 12.2. The quantitative estimate of drug-likeness (QED) is 0.456. The molecule has 0 amide bonds. The van der Waals surface area contributed by atoms with Gasteiger partial charge in [0.05, 0.1) is 11.1 Å².